The quantitative estimate of drug-likeness (QED) is 0.636. The van der Waals surface area contributed by atoms with Crippen molar-refractivity contribution >= 4 is 21.9 Å². The summed E-state index contributed by atoms with van der Waals surface area (Å²) < 4.78 is 11.5. The summed E-state index contributed by atoms with van der Waals surface area (Å²) in [6.07, 6.45) is 3.07. The summed E-state index contributed by atoms with van der Waals surface area (Å²) in [6.45, 7) is 3.12. The van der Waals surface area contributed by atoms with Crippen LogP contribution in [0.3, 0.4) is 0 Å². The van der Waals surface area contributed by atoms with Gasteiger partial charge in [-0.3, -0.25) is 4.79 Å². The van der Waals surface area contributed by atoms with Gasteiger partial charge >= 0.3 is 5.97 Å². The van der Waals surface area contributed by atoms with Crippen LogP contribution in [0.5, 0.6) is 5.75 Å². The molecule has 1 rings (SSSR count). The summed E-state index contributed by atoms with van der Waals surface area (Å²) in [6, 6.07) is 5.72. The second kappa shape index (κ2) is 9.79. The molecule has 0 amide bonds. The van der Waals surface area contributed by atoms with Crippen LogP contribution in [0, 0.1) is 0 Å². The maximum absolute atomic E-state index is 11.1. The van der Waals surface area contributed by atoms with Crippen molar-refractivity contribution in [2.45, 2.75) is 38.5 Å². The van der Waals surface area contributed by atoms with Crippen LogP contribution in [-0.4, -0.2) is 31.4 Å². The van der Waals surface area contributed by atoms with Gasteiger partial charge in [0.05, 0.1) is 13.0 Å². The van der Waals surface area contributed by atoms with E-state index in [-0.39, 0.29) is 12.3 Å². The molecule has 118 valence electrons. The SMILES string of the molecule is CCCCC(CC(=O)O)c1cc(OCCOC)ccc1Br. The lowest BCUT2D eigenvalue weighted by Gasteiger charge is -2.18. The predicted molar refractivity (Wildman–Crippen MR) is 86.0 cm³/mol. The molecule has 0 fully saturated rings. The molecule has 0 aliphatic carbocycles. The Labute approximate surface area is 134 Å². The van der Waals surface area contributed by atoms with Crippen LogP contribution in [0.2, 0.25) is 0 Å². The van der Waals surface area contributed by atoms with E-state index in [2.05, 4.69) is 22.9 Å². The summed E-state index contributed by atoms with van der Waals surface area (Å²) >= 11 is 3.52. The van der Waals surface area contributed by atoms with Crippen molar-refractivity contribution in [3.63, 3.8) is 0 Å². The zero-order valence-electron chi connectivity index (χ0n) is 12.6. The monoisotopic (exact) mass is 358 g/mol. The molecule has 0 heterocycles. The van der Waals surface area contributed by atoms with Gasteiger partial charge in [-0.05, 0) is 36.1 Å². The van der Waals surface area contributed by atoms with Gasteiger partial charge in [-0.15, -0.1) is 0 Å². The topological polar surface area (TPSA) is 55.8 Å². The molecule has 0 aliphatic rings. The molecular formula is C16H23BrO4. The van der Waals surface area contributed by atoms with Gasteiger partial charge in [-0.2, -0.15) is 0 Å². The lowest BCUT2D eigenvalue weighted by Crippen LogP contribution is -2.09. The predicted octanol–water partition coefficient (Wildman–Crippen LogP) is 4.22. The molecule has 1 aromatic rings. The molecule has 0 bridgehead atoms. The average molecular weight is 359 g/mol. The van der Waals surface area contributed by atoms with Crippen molar-refractivity contribution < 1.29 is 19.4 Å². The number of unbranched alkanes of at least 4 members (excludes halogenated alkanes) is 1. The highest BCUT2D eigenvalue weighted by atomic mass is 79.9. The fourth-order valence-corrected chi connectivity index (χ4v) is 2.77. The Bertz CT molecular complexity index is 448. The summed E-state index contributed by atoms with van der Waals surface area (Å²) in [5.74, 6) is -0.0198. The van der Waals surface area contributed by atoms with Crippen LogP contribution in [0.1, 0.15) is 44.1 Å². The smallest absolute Gasteiger partial charge is 0.303 e. The molecule has 1 N–H and O–H groups in total. The fraction of sp³-hybridized carbons (Fsp3) is 0.562. The zero-order chi connectivity index (χ0) is 15.7. The first kappa shape index (κ1) is 18.0. The van der Waals surface area contributed by atoms with Crippen molar-refractivity contribution in [2.24, 2.45) is 0 Å². The van der Waals surface area contributed by atoms with Crippen LogP contribution in [0.4, 0.5) is 0 Å². The molecule has 4 nitrogen and oxygen atoms in total. The second-order valence-corrected chi connectivity index (χ2v) is 5.82. The number of hydrogen-bond donors (Lipinski definition) is 1. The standard InChI is InChI=1S/C16H23BrO4/c1-3-4-5-12(10-16(18)19)14-11-13(6-7-15(14)17)21-9-8-20-2/h6-7,11-12H,3-5,8-10H2,1-2H3,(H,18,19). The number of hydrogen-bond acceptors (Lipinski definition) is 3. The van der Waals surface area contributed by atoms with Gasteiger partial charge in [0.15, 0.2) is 0 Å². The highest BCUT2D eigenvalue weighted by Gasteiger charge is 2.18. The van der Waals surface area contributed by atoms with E-state index in [9.17, 15) is 4.79 Å². The van der Waals surface area contributed by atoms with Gasteiger partial charge in [-0.25, -0.2) is 0 Å². The van der Waals surface area contributed by atoms with Crippen LogP contribution in [0.15, 0.2) is 22.7 Å². The minimum absolute atomic E-state index is 0.00259. The van der Waals surface area contributed by atoms with Crippen LogP contribution in [-0.2, 0) is 9.53 Å². The summed E-state index contributed by atoms with van der Waals surface area (Å²) in [4.78, 5) is 11.1. The zero-order valence-corrected chi connectivity index (χ0v) is 14.2. The van der Waals surface area contributed by atoms with Crippen molar-refractivity contribution in [3.05, 3.63) is 28.2 Å². The number of methoxy groups -OCH3 is 1. The van der Waals surface area contributed by atoms with Crippen molar-refractivity contribution in [1.29, 1.82) is 0 Å². The largest absolute Gasteiger partial charge is 0.491 e. The minimum atomic E-state index is -0.770. The van der Waals surface area contributed by atoms with E-state index in [0.717, 1.165) is 35.0 Å². The second-order valence-electron chi connectivity index (χ2n) is 4.96. The number of carboxylic acids is 1. The van der Waals surface area contributed by atoms with Crippen LogP contribution < -0.4 is 4.74 Å². The number of halogens is 1. The number of ether oxygens (including phenoxy) is 2. The first-order valence-electron chi connectivity index (χ1n) is 7.21. The summed E-state index contributed by atoms with van der Waals surface area (Å²) in [7, 11) is 1.63. The van der Waals surface area contributed by atoms with Gasteiger partial charge < -0.3 is 14.6 Å². The number of aliphatic carboxylic acids is 1. The Morgan fingerprint density at radius 1 is 1.38 bits per heavy atom. The molecule has 0 aliphatic heterocycles. The molecule has 1 atom stereocenters. The third-order valence-electron chi connectivity index (χ3n) is 3.29. The molecular weight excluding hydrogens is 336 g/mol. The van der Waals surface area contributed by atoms with Gasteiger partial charge in [0.1, 0.15) is 12.4 Å². The Morgan fingerprint density at radius 2 is 2.14 bits per heavy atom. The Morgan fingerprint density at radius 3 is 2.76 bits per heavy atom. The Kier molecular flexibility index (Phi) is 8.38. The molecule has 5 heteroatoms. The van der Waals surface area contributed by atoms with E-state index < -0.39 is 5.97 Å². The van der Waals surface area contributed by atoms with Crippen LogP contribution in [0.25, 0.3) is 0 Å². The van der Waals surface area contributed by atoms with E-state index in [4.69, 9.17) is 14.6 Å². The van der Waals surface area contributed by atoms with E-state index >= 15 is 0 Å². The van der Waals surface area contributed by atoms with Crippen molar-refractivity contribution in [2.75, 3.05) is 20.3 Å². The van der Waals surface area contributed by atoms with Gasteiger partial charge in [-0.1, -0.05) is 35.7 Å². The first-order valence-corrected chi connectivity index (χ1v) is 8.00. The highest BCUT2D eigenvalue weighted by molar-refractivity contribution is 9.10. The summed E-state index contributed by atoms with van der Waals surface area (Å²) in [5, 5.41) is 9.11. The van der Waals surface area contributed by atoms with E-state index in [1.807, 2.05) is 18.2 Å². The van der Waals surface area contributed by atoms with E-state index in [1.54, 1.807) is 7.11 Å². The first-order chi connectivity index (χ1) is 10.1. The number of rotatable bonds is 10. The van der Waals surface area contributed by atoms with Crippen molar-refractivity contribution in [3.8, 4) is 5.75 Å². The van der Waals surface area contributed by atoms with Gasteiger partial charge in [0, 0.05) is 11.6 Å². The molecule has 21 heavy (non-hydrogen) atoms. The van der Waals surface area contributed by atoms with Gasteiger partial charge in [0.25, 0.3) is 0 Å². The lowest BCUT2D eigenvalue weighted by atomic mass is 9.90. The highest BCUT2D eigenvalue weighted by Crippen LogP contribution is 2.34. The number of carboxylic acid groups (broad SMARTS) is 1. The van der Waals surface area contributed by atoms with E-state index in [0.29, 0.717) is 13.2 Å². The number of carbonyl (C=O) groups is 1. The minimum Gasteiger partial charge on any atom is -0.491 e. The van der Waals surface area contributed by atoms with Gasteiger partial charge in [0.2, 0.25) is 0 Å². The maximum atomic E-state index is 11.1. The van der Waals surface area contributed by atoms with Crippen molar-refractivity contribution in [1.82, 2.24) is 0 Å². The maximum Gasteiger partial charge on any atom is 0.303 e. The molecule has 1 unspecified atom stereocenters. The average Bonchev–Trinajstić information content (AvgIpc) is 2.45. The molecule has 0 radical (unpaired) electrons. The Balaban J connectivity index is 2.88. The Hall–Kier alpha value is -1.07. The third kappa shape index (κ3) is 6.48. The molecule has 0 saturated heterocycles. The summed E-state index contributed by atoms with van der Waals surface area (Å²) in [5.41, 5.74) is 1.00. The fourth-order valence-electron chi connectivity index (χ4n) is 2.20. The molecule has 0 saturated carbocycles. The van der Waals surface area contributed by atoms with Crippen LogP contribution >= 0.6 is 15.9 Å². The molecule has 0 aromatic heterocycles. The third-order valence-corrected chi connectivity index (χ3v) is 4.01. The molecule has 0 spiro atoms. The number of benzene rings is 1. The lowest BCUT2D eigenvalue weighted by molar-refractivity contribution is -0.137. The van der Waals surface area contributed by atoms with E-state index in [1.165, 1.54) is 0 Å². The molecule has 1 aromatic carbocycles. The normalized spacial score (nSPS) is 12.1.